The average Bonchev–Trinajstić information content (AvgIpc) is 2.47. The molecule has 2 N–H and O–H groups in total. The maximum atomic E-state index is 9.52. The minimum Gasteiger partial charge on any atom is -0.494 e. The summed E-state index contributed by atoms with van der Waals surface area (Å²) < 4.78 is 0. The molecule has 0 aromatic heterocycles. The largest absolute Gasteiger partial charge is 0.494 e. The van der Waals surface area contributed by atoms with Crippen LogP contribution in [0, 0.1) is 6.04 Å². The number of aliphatic hydroxyl groups excluding tert-OH is 1. The zero-order chi connectivity index (χ0) is 9.26. The predicted molar refractivity (Wildman–Crippen MR) is 51.7 cm³/mol. The second kappa shape index (κ2) is 3.11. The van der Waals surface area contributed by atoms with Gasteiger partial charge in [-0.15, -0.1) is 0 Å². The Bertz CT molecular complexity index is 321. The monoisotopic (exact) mass is 175 g/mol. The van der Waals surface area contributed by atoms with Crippen molar-refractivity contribution in [2.45, 2.75) is 6.92 Å². The van der Waals surface area contributed by atoms with Crippen molar-refractivity contribution < 1.29 is 5.11 Å². The van der Waals surface area contributed by atoms with Crippen molar-refractivity contribution in [2.24, 2.45) is 0 Å². The van der Waals surface area contributed by atoms with Crippen molar-refractivity contribution in [3.63, 3.8) is 0 Å². The van der Waals surface area contributed by atoms with Crippen LogP contribution in [-0.4, -0.2) is 5.11 Å². The lowest BCUT2D eigenvalue weighted by Gasteiger charge is -2.19. The van der Waals surface area contributed by atoms with E-state index in [1.165, 1.54) is 0 Å². The van der Waals surface area contributed by atoms with Crippen LogP contribution in [0.25, 0.3) is 0 Å². The zero-order valence-electron chi connectivity index (χ0n) is 7.36. The number of para-hydroxylation sites is 1. The summed E-state index contributed by atoms with van der Waals surface area (Å²) in [7, 11) is 0. The molecule has 13 heavy (non-hydrogen) atoms. The van der Waals surface area contributed by atoms with E-state index in [2.05, 4.69) is 5.43 Å². The molecule has 0 saturated heterocycles. The van der Waals surface area contributed by atoms with E-state index in [1.807, 2.05) is 37.3 Å². The van der Waals surface area contributed by atoms with Crippen molar-refractivity contribution in [3.8, 4) is 0 Å². The van der Waals surface area contributed by atoms with E-state index in [0.717, 1.165) is 11.7 Å². The van der Waals surface area contributed by atoms with Crippen LogP contribution >= 0.6 is 0 Å². The highest BCUT2D eigenvalue weighted by Gasteiger charge is 2.20. The van der Waals surface area contributed by atoms with Gasteiger partial charge in [0.25, 0.3) is 0 Å². The lowest BCUT2D eigenvalue weighted by atomic mass is 10.3. The third kappa shape index (κ3) is 1.51. The van der Waals surface area contributed by atoms with Gasteiger partial charge in [0.2, 0.25) is 5.88 Å². The number of rotatable bonds is 1. The lowest BCUT2D eigenvalue weighted by Crippen LogP contribution is -2.32. The molecule has 0 saturated carbocycles. The molecule has 0 fully saturated rings. The molecule has 1 radical (unpaired) electrons. The van der Waals surface area contributed by atoms with Gasteiger partial charge in [-0.05, 0) is 19.1 Å². The van der Waals surface area contributed by atoms with Gasteiger partial charge in [0.1, 0.15) is 0 Å². The summed E-state index contributed by atoms with van der Waals surface area (Å²) in [4.78, 5) is 0. The van der Waals surface area contributed by atoms with Gasteiger partial charge in [0, 0.05) is 6.08 Å². The van der Waals surface area contributed by atoms with Gasteiger partial charge in [-0.25, -0.2) is 10.4 Å². The predicted octanol–water partition coefficient (Wildman–Crippen LogP) is 1.96. The fraction of sp³-hybridized carbons (Fsp3) is 0.100. The van der Waals surface area contributed by atoms with Crippen LogP contribution < -0.4 is 10.4 Å². The van der Waals surface area contributed by atoms with Gasteiger partial charge in [0.15, 0.2) is 0 Å². The Balaban J connectivity index is 2.25. The van der Waals surface area contributed by atoms with Crippen LogP contribution in [0.15, 0.2) is 42.3 Å². The number of nitrogens with zero attached hydrogens (tertiary/aromatic N) is 1. The maximum Gasteiger partial charge on any atom is 0.204 e. The molecule has 3 nitrogen and oxygen atoms in total. The molecule has 0 bridgehead atoms. The van der Waals surface area contributed by atoms with Crippen LogP contribution in [0.3, 0.4) is 0 Å². The normalized spacial score (nSPS) is 17.6. The second-order valence-corrected chi connectivity index (χ2v) is 2.97. The first-order chi connectivity index (χ1) is 6.27. The number of hydrogen-bond acceptors (Lipinski definition) is 3. The summed E-state index contributed by atoms with van der Waals surface area (Å²) in [5.41, 5.74) is 3.95. The number of anilines is 1. The average molecular weight is 175 g/mol. The minimum atomic E-state index is 0.226. The van der Waals surface area contributed by atoms with Crippen LogP contribution in [0.5, 0.6) is 0 Å². The summed E-state index contributed by atoms with van der Waals surface area (Å²) >= 11 is 0. The fourth-order valence-electron chi connectivity index (χ4n) is 1.30. The molecule has 1 aliphatic rings. The summed E-state index contributed by atoms with van der Waals surface area (Å²) in [5.74, 6) is 0.226. The zero-order valence-corrected chi connectivity index (χ0v) is 7.36. The summed E-state index contributed by atoms with van der Waals surface area (Å²) in [6.45, 7) is 1.90. The molecule has 0 unspecified atom stereocenters. The number of nitrogens with one attached hydrogen (secondary N) is 1. The number of aliphatic hydroxyl groups is 1. The van der Waals surface area contributed by atoms with Crippen molar-refractivity contribution in [3.05, 3.63) is 48.3 Å². The molecule has 1 heterocycles. The van der Waals surface area contributed by atoms with Crippen LogP contribution in [0.1, 0.15) is 6.92 Å². The van der Waals surface area contributed by atoms with Gasteiger partial charge >= 0.3 is 0 Å². The van der Waals surface area contributed by atoms with E-state index >= 15 is 0 Å². The molecule has 0 amide bonds. The molecule has 67 valence electrons. The molecule has 1 aromatic carbocycles. The van der Waals surface area contributed by atoms with Gasteiger partial charge in [0.05, 0.1) is 11.7 Å². The molecule has 1 aromatic rings. The van der Waals surface area contributed by atoms with E-state index in [-0.39, 0.29) is 5.88 Å². The van der Waals surface area contributed by atoms with E-state index in [1.54, 1.807) is 11.1 Å². The number of hydrazine groups is 1. The van der Waals surface area contributed by atoms with Crippen molar-refractivity contribution in [1.82, 2.24) is 5.43 Å². The summed E-state index contributed by atoms with van der Waals surface area (Å²) in [6.07, 6.45) is 1.69. The van der Waals surface area contributed by atoms with Crippen molar-refractivity contribution >= 4 is 5.69 Å². The smallest absolute Gasteiger partial charge is 0.204 e. The van der Waals surface area contributed by atoms with Crippen LogP contribution in [-0.2, 0) is 0 Å². The topological polar surface area (TPSA) is 35.5 Å². The van der Waals surface area contributed by atoms with Crippen LogP contribution in [0.4, 0.5) is 5.69 Å². The SMILES string of the molecule is C[C]1C=C(O)N(c2ccccc2)N1. The van der Waals surface area contributed by atoms with Gasteiger partial charge in [-0.2, -0.15) is 0 Å². The molecule has 0 spiro atoms. The van der Waals surface area contributed by atoms with Gasteiger partial charge < -0.3 is 5.11 Å². The molecule has 0 aliphatic carbocycles. The van der Waals surface area contributed by atoms with E-state index in [4.69, 9.17) is 0 Å². The molecular weight excluding hydrogens is 164 g/mol. The maximum absolute atomic E-state index is 9.52. The van der Waals surface area contributed by atoms with E-state index in [9.17, 15) is 5.11 Å². The molecule has 3 heteroatoms. The minimum absolute atomic E-state index is 0.226. The third-order valence-corrected chi connectivity index (χ3v) is 1.88. The highest BCUT2D eigenvalue weighted by Crippen LogP contribution is 2.21. The second-order valence-electron chi connectivity index (χ2n) is 2.97. The Morgan fingerprint density at radius 2 is 1.92 bits per heavy atom. The highest BCUT2D eigenvalue weighted by atomic mass is 16.3. The highest BCUT2D eigenvalue weighted by molar-refractivity contribution is 5.52. The standard InChI is InChI=1S/C10H11N2O/c1-8-7-10(13)12(11-8)9-5-3-2-4-6-9/h2-7,11,13H,1H3. The Hall–Kier alpha value is -1.48. The number of benzene rings is 1. The first-order valence-electron chi connectivity index (χ1n) is 4.13. The van der Waals surface area contributed by atoms with Gasteiger partial charge in [-0.1, -0.05) is 18.2 Å². The summed E-state index contributed by atoms with van der Waals surface area (Å²) in [5, 5.41) is 11.2. The fourth-order valence-corrected chi connectivity index (χ4v) is 1.30. The molecule has 1 aliphatic heterocycles. The Morgan fingerprint density at radius 1 is 1.23 bits per heavy atom. The third-order valence-electron chi connectivity index (χ3n) is 1.88. The Kier molecular flexibility index (Phi) is 1.94. The molecule has 2 rings (SSSR count). The van der Waals surface area contributed by atoms with Crippen molar-refractivity contribution in [2.75, 3.05) is 5.01 Å². The lowest BCUT2D eigenvalue weighted by molar-refractivity contribution is 0.390. The van der Waals surface area contributed by atoms with Gasteiger partial charge in [-0.3, -0.25) is 0 Å². The van der Waals surface area contributed by atoms with Crippen LogP contribution in [0.2, 0.25) is 0 Å². The Labute approximate surface area is 77.3 Å². The number of hydrogen-bond donors (Lipinski definition) is 2. The van der Waals surface area contributed by atoms with Crippen molar-refractivity contribution in [1.29, 1.82) is 0 Å². The summed E-state index contributed by atoms with van der Waals surface area (Å²) in [6, 6.07) is 10.6. The molecular formula is C10H11N2O. The first-order valence-corrected chi connectivity index (χ1v) is 4.13. The van der Waals surface area contributed by atoms with E-state index in [0.29, 0.717) is 0 Å². The molecule has 0 atom stereocenters. The Morgan fingerprint density at radius 3 is 2.46 bits per heavy atom. The first kappa shape index (κ1) is 8.13. The van der Waals surface area contributed by atoms with E-state index < -0.39 is 0 Å². The quantitative estimate of drug-likeness (QED) is 0.685.